The summed E-state index contributed by atoms with van der Waals surface area (Å²) in [5, 5.41) is 9.02. The van der Waals surface area contributed by atoms with Crippen LogP contribution in [0.1, 0.15) is 105 Å². The normalized spacial score (nSPS) is 37.0. The Morgan fingerprint density at radius 2 is 1.79 bits per heavy atom. The van der Waals surface area contributed by atoms with Crippen LogP contribution in [0.2, 0.25) is 0 Å². The van der Waals surface area contributed by atoms with Gasteiger partial charge < -0.3 is 9.15 Å². The Hall–Kier alpha value is -2.34. The van der Waals surface area contributed by atoms with Crippen LogP contribution in [0.5, 0.6) is 0 Å². The van der Waals surface area contributed by atoms with Crippen molar-refractivity contribution in [2.75, 3.05) is 7.11 Å². The van der Waals surface area contributed by atoms with Crippen molar-refractivity contribution in [2.45, 2.75) is 111 Å². The van der Waals surface area contributed by atoms with E-state index >= 15 is 0 Å². The van der Waals surface area contributed by atoms with Crippen molar-refractivity contribution in [3.05, 3.63) is 47.1 Å². The molecule has 1 aromatic heterocycles. The Kier molecular flexibility index (Phi) is 7.56. The predicted molar refractivity (Wildman–Crippen MR) is 162 cm³/mol. The van der Waals surface area contributed by atoms with E-state index < -0.39 is 5.41 Å². The summed E-state index contributed by atoms with van der Waals surface area (Å²) >= 11 is 0. The highest BCUT2D eigenvalue weighted by molar-refractivity contribution is 6.01. The zero-order valence-corrected chi connectivity index (χ0v) is 26.6. The number of rotatable bonds is 7. The van der Waals surface area contributed by atoms with Gasteiger partial charge in [0.15, 0.2) is 5.78 Å². The van der Waals surface area contributed by atoms with Crippen LogP contribution in [0.4, 0.5) is 4.39 Å². The molecular weight excluding hydrogens is 527 g/mol. The lowest BCUT2D eigenvalue weighted by molar-refractivity contribution is -0.138. The van der Waals surface area contributed by atoms with E-state index in [4.69, 9.17) is 9.15 Å². The number of ketones is 1. The second-order valence-electron chi connectivity index (χ2n) is 15.0. The summed E-state index contributed by atoms with van der Waals surface area (Å²) in [6, 6.07) is 6.18. The van der Waals surface area contributed by atoms with Crippen molar-refractivity contribution in [3.8, 4) is 11.5 Å². The molecule has 0 saturated heterocycles. The minimum atomic E-state index is -0.522. The lowest BCUT2D eigenvalue weighted by Gasteiger charge is -2.64. The molecule has 0 radical (unpaired) electrons. The summed E-state index contributed by atoms with van der Waals surface area (Å²) in [5.41, 5.74) is 3.05. The first-order valence-electron chi connectivity index (χ1n) is 16.3. The first kappa shape index (κ1) is 29.7. The molecule has 0 bridgehead atoms. The summed E-state index contributed by atoms with van der Waals surface area (Å²) < 4.78 is 25.7. The number of nitrogens with zero attached hydrogens (tertiary/aromatic N) is 2. The zero-order chi connectivity index (χ0) is 30.0. The van der Waals surface area contributed by atoms with E-state index in [1.165, 1.54) is 43.4 Å². The standard InChI is InChI=1S/C36H49FN2O3/c1-21(2)30-28(40)20-36(33-39-38-32(42-33)24-8-10-25(37)11-9-24)19-16-27-26(31(30)36)12-13-29-34(5,18-15-23(4)41-7)22(3)14-17-35(27,29)6/h8-11,21-23,26-27,29H,12-20H2,1-7H3/t22-,23?,26?,27?,29-,34?,35?,36?/m1/s1. The number of Topliss-reactive ketones (excluding diaryl/α,β-unsaturated/α-hetero) is 1. The Labute approximate surface area is 251 Å². The Balaban J connectivity index is 1.38. The molecule has 3 fully saturated rings. The largest absolute Gasteiger partial charge is 0.420 e. The molecule has 0 aliphatic heterocycles. The third-order valence-corrected chi connectivity index (χ3v) is 12.7. The molecule has 6 rings (SSSR count). The maximum absolute atomic E-state index is 13.8. The van der Waals surface area contributed by atoms with E-state index in [2.05, 4.69) is 51.7 Å². The van der Waals surface area contributed by atoms with Crippen LogP contribution in [0.3, 0.4) is 0 Å². The molecule has 2 aromatic rings. The van der Waals surface area contributed by atoms with Crippen LogP contribution < -0.4 is 0 Å². The number of ether oxygens (including phenoxy) is 1. The average molecular weight is 577 g/mol. The molecule has 0 amide bonds. The molecule has 5 nitrogen and oxygen atoms in total. The lowest BCUT2D eigenvalue weighted by atomic mass is 9.40. The van der Waals surface area contributed by atoms with Crippen LogP contribution in [0.15, 0.2) is 39.8 Å². The molecule has 6 unspecified atom stereocenters. The van der Waals surface area contributed by atoms with Gasteiger partial charge in [-0.05, 0) is 134 Å². The summed E-state index contributed by atoms with van der Waals surface area (Å²) in [6.07, 6.45) is 9.80. The topological polar surface area (TPSA) is 65.2 Å². The van der Waals surface area contributed by atoms with Gasteiger partial charge in [0.1, 0.15) is 5.82 Å². The number of allylic oxidation sites excluding steroid dienone is 2. The molecule has 1 heterocycles. The second-order valence-corrected chi connectivity index (χ2v) is 15.0. The van der Waals surface area contributed by atoms with Crippen LogP contribution in [-0.4, -0.2) is 29.2 Å². The first-order chi connectivity index (χ1) is 19.9. The number of methoxy groups -OCH3 is 1. The van der Waals surface area contributed by atoms with Crippen LogP contribution >= 0.6 is 0 Å². The van der Waals surface area contributed by atoms with E-state index in [0.717, 1.165) is 31.3 Å². The first-order valence-corrected chi connectivity index (χ1v) is 16.3. The molecule has 0 spiro atoms. The average Bonchev–Trinajstić information content (AvgIpc) is 3.58. The molecule has 6 heteroatoms. The van der Waals surface area contributed by atoms with Crippen molar-refractivity contribution in [3.63, 3.8) is 0 Å². The molecule has 8 atom stereocenters. The van der Waals surface area contributed by atoms with E-state index in [9.17, 15) is 9.18 Å². The molecule has 228 valence electrons. The number of carbonyl (C=O) groups excluding carboxylic acids is 1. The number of fused-ring (bicyclic) bond motifs is 5. The van der Waals surface area contributed by atoms with Gasteiger partial charge in [-0.1, -0.05) is 34.6 Å². The minimum Gasteiger partial charge on any atom is -0.420 e. The van der Waals surface area contributed by atoms with Gasteiger partial charge in [0.2, 0.25) is 11.8 Å². The number of hydrogen-bond donors (Lipinski definition) is 0. The Bertz CT molecular complexity index is 1360. The summed E-state index contributed by atoms with van der Waals surface area (Å²) in [6.45, 7) is 14.2. The molecular formula is C36H49FN2O3. The summed E-state index contributed by atoms with van der Waals surface area (Å²) in [7, 11) is 1.83. The van der Waals surface area contributed by atoms with E-state index in [1.807, 2.05) is 7.11 Å². The van der Waals surface area contributed by atoms with Gasteiger partial charge in [0.25, 0.3) is 0 Å². The highest BCUT2D eigenvalue weighted by Gasteiger charge is 2.64. The van der Waals surface area contributed by atoms with Gasteiger partial charge in [0.05, 0.1) is 11.5 Å². The SMILES string of the molecule is COC(C)CCC1(C)[C@H](C)CCC2(C)C3CCC4(c5nnc(-c6ccc(F)cc6)o5)CC(=O)C(C(C)C)=C4C3CC[C@@H]21. The number of benzene rings is 1. The number of hydrogen-bond acceptors (Lipinski definition) is 5. The highest BCUT2D eigenvalue weighted by Crippen LogP contribution is 2.70. The van der Waals surface area contributed by atoms with E-state index in [-0.39, 0.29) is 34.5 Å². The van der Waals surface area contributed by atoms with Gasteiger partial charge in [-0.3, -0.25) is 4.79 Å². The molecule has 4 aliphatic carbocycles. The molecule has 4 aliphatic rings. The van der Waals surface area contributed by atoms with Crippen molar-refractivity contribution >= 4 is 5.78 Å². The van der Waals surface area contributed by atoms with Crippen LogP contribution in [0, 0.1) is 46.2 Å². The number of carbonyl (C=O) groups is 1. The maximum atomic E-state index is 13.8. The zero-order valence-electron chi connectivity index (χ0n) is 26.6. The van der Waals surface area contributed by atoms with E-state index in [0.29, 0.717) is 47.4 Å². The van der Waals surface area contributed by atoms with Crippen molar-refractivity contribution in [1.82, 2.24) is 10.2 Å². The van der Waals surface area contributed by atoms with Gasteiger partial charge in [-0.15, -0.1) is 10.2 Å². The number of aromatic nitrogens is 2. The molecule has 42 heavy (non-hydrogen) atoms. The fourth-order valence-corrected chi connectivity index (χ4v) is 10.3. The number of halogens is 1. The molecule has 3 saturated carbocycles. The minimum absolute atomic E-state index is 0.158. The monoisotopic (exact) mass is 576 g/mol. The van der Waals surface area contributed by atoms with Gasteiger partial charge in [-0.25, -0.2) is 4.39 Å². The van der Waals surface area contributed by atoms with Crippen LogP contribution in [-0.2, 0) is 14.9 Å². The fraction of sp³-hybridized carbons (Fsp3) is 0.694. The van der Waals surface area contributed by atoms with Gasteiger partial charge in [-0.2, -0.15) is 0 Å². The Morgan fingerprint density at radius 1 is 1.05 bits per heavy atom. The van der Waals surface area contributed by atoms with Crippen molar-refractivity contribution in [1.29, 1.82) is 0 Å². The van der Waals surface area contributed by atoms with Crippen LogP contribution in [0.25, 0.3) is 11.5 Å². The molecule has 1 aromatic carbocycles. The smallest absolute Gasteiger partial charge is 0.247 e. The summed E-state index contributed by atoms with van der Waals surface area (Å²) in [4.78, 5) is 13.8. The van der Waals surface area contributed by atoms with Gasteiger partial charge in [0, 0.05) is 19.1 Å². The third-order valence-electron chi connectivity index (χ3n) is 12.7. The second kappa shape index (κ2) is 10.7. The lowest BCUT2D eigenvalue weighted by Crippen LogP contribution is -2.57. The summed E-state index contributed by atoms with van der Waals surface area (Å²) in [5.74, 6) is 3.35. The fourth-order valence-electron chi connectivity index (χ4n) is 10.3. The Morgan fingerprint density at radius 3 is 2.48 bits per heavy atom. The quantitative estimate of drug-likeness (QED) is 0.330. The van der Waals surface area contributed by atoms with Gasteiger partial charge >= 0.3 is 0 Å². The van der Waals surface area contributed by atoms with Crippen molar-refractivity contribution < 1.29 is 18.3 Å². The third kappa shape index (κ3) is 4.45. The highest BCUT2D eigenvalue weighted by atomic mass is 19.1. The molecule has 0 N–H and O–H groups in total. The van der Waals surface area contributed by atoms with E-state index in [1.54, 1.807) is 12.1 Å². The van der Waals surface area contributed by atoms with Crippen molar-refractivity contribution in [2.24, 2.45) is 40.4 Å². The maximum Gasteiger partial charge on any atom is 0.247 e. The predicted octanol–water partition coefficient (Wildman–Crippen LogP) is 8.73.